The van der Waals surface area contributed by atoms with Gasteiger partial charge in [-0.2, -0.15) is 4.31 Å². The fourth-order valence-corrected chi connectivity index (χ4v) is 7.95. The molecule has 4 aliphatic rings. The highest BCUT2D eigenvalue weighted by atomic mass is 32.2. The number of nitrogens with zero attached hydrogens (tertiary/aromatic N) is 1. The third-order valence-corrected chi connectivity index (χ3v) is 8.20. The molecule has 2 aliphatic heterocycles. The van der Waals surface area contributed by atoms with E-state index in [9.17, 15) is 8.42 Å². The quantitative estimate of drug-likeness (QED) is 0.583. The molecule has 2 bridgehead atoms. The lowest BCUT2D eigenvalue weighted by Gasteiger charge is -2.38. The Bertz CT molecular complexity index is 469. The molecule has 4 heteroatoms. The van der Waals surface area contributed by atoms with E-state index in [1.165, 1.54) is 6.42 Å². The lowest BCUT2D eigenvalue weighted by atomic mass is 9.66. The minimum atomic E-state index is -2.90. The van der Waals surface area contributed by atoms with E-state index in [4.69, 9.17) is 0 Å². The highest BCUT2D eigenvalue weighted by molar-refractivity contribution is 7.89. The fourth-order valence-electron chi connectivity index (χ4n) is 5.19. The van der Waals surface area contributed by atoms with Crippen molar-refractivity contribution in [2.24, 2.45) is 16.7 Å². The van der Waals surface area contributed by atoms with E-state index in [0.29, 0.717) is 5.75 Å². The zero-order valence-corrected chi connectivity index (χ0v) is 10.1. The number of sulfonamides is 1. The molecular formula is C11H17NO2S. The summed E-state index contributed by atoms with van der Waals surface area (Å²) in [5.41, 5.74) is 0.424. The van der Waals surface area contributed by atoms with Crippen molar-refractivity contribution in [2.45, 2.75) is 38.6 Å². The topological polar surface area (TPSA) is 37.1 Å². The van der Waals surface area contributed by atoms with E-state index in [1.54, 1.807) is 4.31 Å². The summed E-state index contributed by atoms with van der Waals surface area (Å²) in [5.74, 6) is 1.20. The first-order valence-electron chi connectivity index (χ1n) is 5.86. The molecule has 15 heavy (non-hydrogen) atoms. The Balaban J connectivity index is 1.99. The third kappa shape index (κ3) is 0.631. The molecule has 2 aliphatic carbocycles. The van der Waals surface area contributed by atoms with Crippen LogP contribution in [0.15, 0.2) is 0 Å². The molecule has 4 atom stereocenters. The molecule has 2 heterocycles. The maximum atomic E-state index is 12.0. The predicted octanol–water partition coefficient (Wildman–Crippen LogP) is 1.21. The normalized spacial score (nSPS) is 61.5. The van der Waals surface area contributed by atoms with Gasteiger partial charge < -0.3 is 0 Å². The van der Waals surface area contributed by atoms with Gasteiger partial charge in [0.2, 0.25) is 10.0 Å². The van der Waals surface area contributed by atoms with E-state index < -0.39 is 10.0 Å². The van der Waals surface area contributed by atoms with Gasteiger partial charge in [-0.25, -0.2) is 8.42 Å². The van der Waals surface area contributed by atoms with Gasteiger partial charge in [-0.15, -0.1) is 0 Å². The molecule has 0 amide bonds. The van der Waals surface area contributed by atoms with E-state index in [2.05, 4.69) is 13.8 Å². The maximum absolute atomic E-state index is 12.0. The van der Waals surface area contributed by atoms with E-state index in [1.807, 2.05) is 0 Å². The second-order valence-corrected chi connectivity index (χ2v) is 8.43. The van der Waals surface area contributed by atoms with Crippen molar-refractivity contribution in [3.8, 4) is 0 Å². The summed E-state index contributed by atoms with van der Waals surface area (Å²) in [6, 6.07) is 0. The summed E-state index contributed by atoms with van der Waals surface area (Å²) in [7, 11) is -2.90. The zero-order chi connectivity index (χ0) is 10.7. The summed E-state index contributed by atoms with van der Waals surface area (Å²) < 4.78 is 25.8. The number of fused-ring (bicyclic) bond motifs is 1. The first-order valence-corrected chi connectivity index (χ1v) is 7.47. The highest BCUT2D eigenvalue weighted by Gasteiger charge is 2.85. The Morgan fingerprint density at radius 1 is 1.33 bits per heavy atom. The van der Waals surface area contributed by atoms with Gasteiger partial charge in [-0.3, -0.25) is 0 Å². The van der Waals surface area contributed by atoms with E-state index >= 15 is 0 Å². The first kappa shape index (κ1) is 8.99. The molecule has 3 nitrogen and oxygen atoms in total. The van der Waals surface area contributed by atoms with Crippen LogP contribution in [-0.4, -0.2) is 30.6 Å². The van der Waals surface area contributed by atoms with Gasteiger partial charge in [-0.1, -0.05) is 13.8 Å². The van der Waals surface area contributed by atoms with Crippen LogP contribution >= 0.6 is 0 Å². The van der Waals surface area contributed by atoms with Gasteiger partial charge in [-0.05, 0) is 30.6 Å². The standard InChI is InChI=1S/C11H17NO2S/c1-9(2)8-3-4-10(9)7-15(13,14)12-6-11(10,12)5-8/h8H,3-7H2,1-2H3/t8?,10?,11-,12?/m0/s1. The fraction of sp³-hybridized carbons (Fsp3) is 1.00. The molecule has 2 saturated carbocycles. The Morgan fingerprint density at radius 3 is 2.60 bits per heavy atom. The molecular weight excluding hydrogens is 210 g/mol. The minimum absolute atomic E-state index is 0.0816. The van der Waals surface area contributed by atoms with E-state index in [-0.39, 0.29) is 16.4 Å². The van der Waals surface area contributed by atoms with Crippen LogP contribution < -0.4 is 0 Å². The molecule has 0 aromatic heterocycles. The molecule has 4 fully saturated rings. The SMILES string of the molecule is CC1(C)C2CCC13CS(=O)(=O)N1C[C@]13C2. The molecule has 0 N–H and O–H groups in total. The van der Waals surface area contributed by atoms with Crippen LogP contribution in [0, 0.1) is 16.7 Å². The molecule has 4 rings (SSSR count). The Hall–Kier alpha value is -0.0900. The predicted molar refractivity (Wildman–Crippen MR) is 56.8 cm³/mol. The number of hydrogen-bond donors (Lipinski definition) is 0. The van der Waals surface area contributed by atoms with Crippen molar-refractivity contribution in [1.82, 2.24) is 4.31 Å². The van der Waals surface area contributed by atoms with Crippen molar-refractivity contribution < 1.29 is 8.42 Å². The van der Waals surface area contributed by atoms with Crippen LogP contribution in [0.1, 0.15) is 33.1 Å². The van der Waals surface area contributed by atoms with Crippen LogP contribution in [0.4, 0.5) is 0 Å². The van der Waals surface area contributed by atoms with Crippen LogP contribution in [0.2, 0.25) is 0 Å². The van der Waals surface area contributed by atoms with Crippen LogP contribution in [-0.2, 0) is 10.0 Å². The summed E-state index contributed by atoms with van der Waals surface area (Å²) in [6.45, 7) is 5.43. The summed E-state index contributed by atoms with van der Waals surface area (Å²) >= 11 is 0. The van der Waals surface area contributed by atoms with Crippen LogP contribution in [0.5, 0.6) is 0 Å². The van der Waals surface area contributed by atoms with Crippen LogP contribution in [0.25, 0.3) is 0 Å². The lowest BCUT2D eigenvalue weighted by molar-refractivity contribution is 0.130. The van der Waals surface area contributed by atoms with Crippen molar-refractivity contribution >= 4 is 10.0 Å². The second-order valence-electron chi connectivity index (χ2n) is 6.54. The largest absolute Gasteiger partial charge is 0.215 e. The molecule has 3 unspecified atom stereocenters. The monoisotopic (exact) mass is 227 g/mol. The van der Waals surface area contributed by atoms with Gasteiger partial charge in [0, 0.05) is 12.0 Å². The lowest BCUT2D eigenvalue weighted by Crippen LogP contribution is -2.42. The maximum Gasteiger partial charge on any atom is 0.215 e. The number of hydrogen-bond acceptors (Lipinski definition) is 2. The zero-order valence-electron chi connectivity index (χ0n) is 9.28. The van der Waals surface area contributed by atoms with Crippen LogP contribution in [0.3, 0.4) is 0 Å². The first-order chi connectivity index (χ1) is 6.86. The van der Waals surface area contributed by atoms with Crippen molar-refractivity contribution in [1.29, 1.82) is 0 Å². The average Bonchev–Trinajstić information content (AvgIpc) is 2.70. The van der Waals surface area contributed by atoms with Gasteiger partial charge in [0.15, 0.2) is 0 Å². The molecule has 84 valence electrons. The van der Waals surface area contributed by atoms with Crippen molar-refractivity contribution in [3.63, 3.8) is 0 Å². The van der Waals surface area contributed by atoms with Gasteiger partial charge in [0.25, 0.3) is 0 Å². The average molecular weight is 227 g/mol. The van der Waals surface area contributed by atoms with Crippen molar-refractivity contribution in [3.05, 3.63) is 0 Å². The van der Waals surface area contributed by atoms with Crippen molar-refractivity contribution in [2.75, 3.05) is 12.3 Å². The molecule has 2 spiro atoms. The van der Waals surface area contributed by atoms with Gasteiger partial charge >= 0.3 is 0 Å². The third-order valence-electron chi connectivity index (χ3n) is 6.19. The van der Waals surface area contributed by atoms with E-state index in [0.717, 1.165) is 25.3 Å². The highest BCUT2D eigenvalue weighted by Crippen LogP contribution is 2.79. The molecule has 0 aromatic carbocycles. The molecule has 0 radical (unpaired) electrons. The number of rotatable bonds is 0. The molecule has 2 saturated heterocycles. The Kier molecular flexibility index (Phi) is 1.14. The smallest absolute Gasteiger partial charge is 0.212 e. The molecule has 0 aromatic rings. The minimum Gasteiger partial charge on any atom is -0.212 e. The Labute approximate surface area is 90.9 Å². The van der Waals surface area contributed by atoms with Gasteiger partial charge in [0.1, 0.15) is 0 Å². The summed E-state index contributed by atoms with van der Waals surface area (Å²) in [4.78, 5) is 0. The second kappa shape index (κ2) is 1.90. The van der Waals surface area contributed by atoms with Gasteiger partial charge in [0.05, 0.1) is 11.3 Å². The Morgan fingerprint density at radius 2 is 2.07 bits per heavy atom. The summed E-state index contributed by atoms with van der Waals surface area (Å²) in [6.07, 6.45) is 3.53. The summed E-state index contributed by atoms with van der Waals surface area (Å²) in [5, 5.41) is 0.